The molecule has 0 aliphatic carbocycles. The molecule has 6 heteroatoms. The molecule has 0 amide bonds. The maximum absolute atomic E-state index is 14.3. The largest absolute Gasteiger partial charge is 0.478 e. The van der Waals surface area contributed by atoms with Gasteiger partial charge in [-0.1, -0.05) is 11.6 Å². The molecular formula is C17H10ClF2NO2. The molecule has 1 N–H and O–H groups in total. The summed E-state index contributed by atoms with van der Waals surface area (Å²) in [6.45, 7) is 1.69. The second-order valence-corrected chi connectivity index (χ2v) is 5.53. The van der Waals surface area contributed by atoms with Gasteiger partial charge in [-0.15, -0.1) is 0 Å². The van der Waals surface area contributed by atoms with Gasteiger partial charge in [0, 0.05) is 16.1 Å². The minimum absolute atomic E-state index is 0.0131. The third kappa shape index (κ3) is 2.75. The molecule has 0 aliphatic rings. The molecule has 1 heterocycles. The Morgan fingerprint density at radius 2 is 1.78 bits per heavy atom. The number of hydrogen-bond acceptors (Lipinski definition) is 2. The Kier molecular flexibility index (Phi) is 3.74. The minimum Gasteiger partial charge on any atom is -0.478 e. The number of nitrogens with zero attached hydrogens (tertiary/aromatic N) is 1. The summed E-state index contributed by atoms with van der Waals surface area (Å²) in [4.78, 5) is 15.4. The van der Waals surface area contributed by atoms with Crippen molar-refractivity contribution in [3.63, 3.8) is 0 Å². The minimum atomic E-state index is -1.13. The zero-order chi connectivity index (χ0) is 16.7. The van der Waals surface area contributed by atoms with Gasteiger partial charge in [0.15, 0.2) is 0 Å². The maximum Gasteiger partial charge on any atom is 0.335 e. The number of fused-ring (bicyclic) bond motifs is 1. The topological polar surface area (TPSA) is 50.2 Å². The summed E-state index contributed by atoms with van der Waals surface area (Å²) in [6, 6.07) is 7.82. The van der Waals surface area contributed by atoms with E-state index in [2.05, 4.69) is 4.98 Å². The quantitative estimate of drug-likeness (QED) is 0.730. The zero-order valence-corrected chi connectivity index (χ0v) is 12.7. The third-order valence-electron chi connectivity index (χ3n) is 3.46. The number of hydrogen-bond donors (Lipinski definition) is 1. The Morgan fingerprint density at radius 3 is 2.39 bits per heavy atom. The first kappa shape index (κ1) is 15.4. The van der Waals surface area contributed by atoms with E-state index in [1.165, 1.54) is 24.3 Å². The lowest BCUT2D eigenvalue weighted by atomic mass is 9.98. The van der Waals surface area contributed by atoms with Crippen molar-refractivity contribution in [1.29, 1.82) is 0 Å². The van der Waals surface area contributed by atoms with Crippen LogP contribution in [0.1, 0.15) is 16.1 Å². The van der Waals surface area contributed by atoms with Crippen LogP contribution in [-0.4, -0.2) is 16.1 Å². The van der Waals surface area contributed by atoms with Gasteiger partial charge < -0.3 is 5.11 Å². The Labute approximate surface area is 135 Å². The van der Waals surface area contributed by atoms with Gasteiger partial charge in [0.1, 0.15) is 11.6 Å². The Bertz CT molecular complexity index is 934. The van der Waals surface area contributed by atoms with Crippen molar-refractivity contribution in [2.24, 2.45) is 0 Å². The SMILES string of the molecule is Cc1cc(-c2c(F)cc(Cl)cc2F)c2cc(C(=O)O)ccc2n1. The molecule has 0 aliphatic heterocycles. The Morgan fingerprint density at radius 1 is 1.13 bits per heavy atom. The smallest absolute Gasteiger partial charge is 0.335 e. The highest BCUT2D eigenvalue weighted by molar-refractivity contribution is 6.30. The summed E-state index contributed by atoms with van der Waals surface area (Å²) in [5.74, 6) is -2.76. The number of aromatic nitrogens is 1. The molecule has 2 aromatic carbocycles. The summed E-state index contributed by atoms with van der Waals surface area (Å²) in [7, 11) is 0. The predicted molar refractivity (Wildman–Crippen MR) is 83.8 cm³/mol. The first-order chi connectivity index (χ1) is 10.9. The summed E-state index contributed by atoms with van der Waals surface area (Å²) in [5, 5.41) is 9.43. The Hall–Kier alpha value is -2.53. The third-order valence-corrected chi connectivity index (χ3v) is 3.68. The molecule has 0 spiro atoms. The first-order valence-electron chi connectivity index (χ1n) is 6.66. The average molecular weight is 334 g/mol. The number of aryl methyl sites for hydroxylation is 1. The van der Waals surface area contributed by atoms with Gasteiger partial charge >= 0.3 is 5.97 Å². The molecule has 0 radical (unpaired) electrons. The number of carbonyl (C=O) groups is 1. The van der Waals surface area contributed by atoms with Gasteiger partial charge in [0.25, 0.3) is 0 Å². The molecule has 3 rings (SSSR count). The van der Waals surface area contributed by atoms with Crippen LogP contribution < -0.4 is 0 Å². The number of carboxylic acid groups (broad SMARTS) is 1. The van der Waals surface area contributed by atoms with E-state index in [0.29, 0.717) is 16.6 Å². The second-order valence-electron chi connectivity index (χ2n) is 5.09. The van der Waals surface area contributed by atoms with Gasteiger partial charge in [-0.25, -0.2) is 13.6 Å². The fourth-order valence-corrected chi connectivity index (χ4v) is 2.69. The van der Waals surface area contributed by atoms with Crippen LogP contribution >= 0.6 is 11.6 Å². The van der Waals surface area contributed by atoms with Crippen LogP contribution in [0.25, 0.3) is 22.0 Å². The average Bonchev–Trinajstić information content (AvgIpc) is 2.45. The van der Waals surface area contributed by atoms with E-state index in [9.17, 15) is 13.6 Å². The van der Waals surface area contributed by atoms with Gasteiger partial charge in [-0.3, -0.25) is 4.98 Å². The molecule has 3 nitrogen and oxygen atoms in total. The van der Waals surface area contributed by atoms with E-state index in [-0.39, 0.29) is 21.7 Å². The maximum atomic E-state index is 14.3. The molecule has 3 aromatic rings. The van der Waals surface area contributed by atoms with Crippen molar-refractivity contribution in [3.05, 3.63) is 64.3 Å². The highest BCUT2D eigenvalue weighted by atomic mass is 35.5. The molecule has 116 valence electrons. The molecule has 0 unspecified atom stereocenters. The summed E-state index contributed by atoms with van der Waals surface area (Å²) in [6.07, 6.45) is 0. The van der Waals surface area contributed by atoms with Crippen molar-refractivity contribution in [1.82, 2.24) is 4.98 Å². The van der Waals surface area contributed by atoms with Gasteiger partial charge in [0.05, 0.1) is 16.6 Å². The number of rotatable bonds is 2. The molecule has 0 atom stereocenters. The van der Waals surface area contributed by atoms with Gasteiger partial charge in [-0.05, 0) is 48.9 Å². The van der Waals surface area contributed by atoms with E-state index < -0.39 is 17.6 Å². The van der Waals surface area contributed by atoms with Crippen LogP contribution in [-0.2, 0) is 0 Å². The lowest BCUT2D eigenvalue weighted by Gasteiger charge is -2.11. The van der Waals surface area contributed by atoms with Crippen molar-refractivity contribution in [2.45, 2.75) is 6.92 Å². The number of carboxylic acids is 1. The van der Waals surface area contributed by atoms with Crippen LogP contribution in [0.3, 0.4) is 0 Å². The molecule has 23 heavy (non-hydrogen) atoms. The fourth-order valence-electron chi connectivity index (χ4n) is 2.50. The zero-order valence-electron chi connectivity index (χ0n) is 11.9. The van der Waals surface area contributed by atoms with Crippen LogP contribution in [0, 0.1) is 18.6 Å². The molecule has 0 saturated heterocycles. The number of halogens is 3. The van der Waals surface area contributed by atoms with Gasteiger partial charge in [-0.2, -0.15) is 0 Å². The van der Waals surface area contributed by atoms with Crippen LogP contribution in [0.2, 0.25) is 5.02 Å². The van der Waals surface area contributed by atoms with E-state index >= 15 is 0 Å². The van der Waals surface area contributed by atoms with Gasteiger partial charge in [0.2, 0.25) is 0 Å². The fraction of sp³-hybridized carbons (Fsp3) is 0.0588. The number of benzene rings is 2. The molecule has 0 saturated carbocycles. The van der Waals surface area contributed by atoms with Crippen LogP contribution in [0.15, 0.2) is 36.4 Å². The van der Waals surface area contributed by atoms with Crippen molar-refractivity contribution >= 4 is 28.5 Å². The lowest BCUT2D eigenvalue weighted by Crippen LogP contribution is -1.99. The lowest BCUT2D eigenvalue weighted by molar-refractivity contribution is 0.0697. The van der Waals surface area contributed by atoms with Crippen LogP contribution in [0.4, 0.5) is 8.78 Å². The number of pyridine rings is 1. The number of aromatic carboxylic acids is 1. The monoisotopic (exact) mass is 333 g/mol. The standard InChI is InChI=1S/C17H10ClF2NO2/c1-8-4-12(16-13(19)6-10(18)7-14(16)20)11-5-9(17(22)23)2-3-15(11)21-8/h2-7H,1H3,(H,22,23). The van der Waals surface area contributed by atoms with E-state index in [1.54, 1.807) is 6.92 Å². The summed E-state index contributed by atoms with van der Waals surface area (Å²) < 4.78 is 28.5. The summed E-state index contributed by atoms with van der Waals surface area (Å²) >= 11 is 5.66. The summed E-state index contributed by atoms with van der Waals surface area (Å²) in [5.41, 5.74) is 1.01. The molecule has 0 fully saturated rings. The molecular weight excluding hydrogens is 324 g/mol. The van der Waals surface area contributed by atoms with Crippen LogP contribution in [0.5, 0.6) is 0 Å². The predicted octanol–water partition coefficient (Wildman–Crippen LogP) is 4.84. The first-order valence-corrected chi connectivity index (χ1v) is 7.04. The Balaban J connectivity index is 2.41. The van der Waals surface area contributed by atoms with E-state index in [0.717, 1.165) is 12.1 Å². The second kappa shape index (κ2) is 5.59. The van der Waals surface area contributed by atoms with Crippen molar-refractivity contribution in [3.8, 4) is 11.1 Å². The highest BCUT2D eigenvalue weighted by Crippen LogP contribution is 2.34. The highest BCUT2D eigenvalue weighted by Gasteiger charge is 2.17. The van der Waals surface area contributed by atoms with E-state index in [1.807, 2.05) is 0 Å². The normalized spacial score (nSPS) is 11.0. The van der Waals surface area contributed by atoms with Crippen molar-refractivity contribution < 1.29 is 18.7 Å². The molecule has 1 aromatic heterocycles. The van der Waals surface area contributed by atoms with Crippen molar-refractivity contribution in [2.75, 3.05) is 0 Å². The van der Waals surface area contributed by atoms with E-state index in [4.69, 9.17) is 16.7 Å². The molecule has 0 bridgehead atoms.